The number of aromatic amines is 1. The van der Waals surface area contributed by atoms with Crippen LogP contribution in [0.5, 0.6) is 0 Å². The van der Waals surface area contributed by atoms with Crippen molar-refractivity contribution in [2.45, 2.75) is 0 Å². The number of carbonyl (C=O) groups is 1. The van der Waals surface area contributed by atoms with E-state index in [1.807, 2.05) is 24.4 Å². The second kappa shape index (κ2) is 4.51. The minimum atomic E-state index is -0.972. The lowest BCUT2D eigenvalue weighted by atomic mass is 10.1. The fraction of sp³-hybridized carbons (Fsp3) is 0. The number of rotatable bonds is 2. The number of aromatic nitrogens is 2. The maximum atomic E-state index is 10.8. The Morgan fingerprint density at radius 1 is 1.26 bits per heavy atom. The predicted octanol–water partition coefficient (Wildman–Crippen LogP) is 3.69. The number of pyridine rings is 1. The van der Waals surface area contributed by atoms with Crippen LogP contribution in [0.15, 0.2) is 47.2 Å². The number of carboxylic acids is 1. The van der Waals surface area contributed by atoms with Crippen molar-refractivity contribution in [2.75, 3.05) is 0 Å². The highest BCUT2D eigenvalue weighted by molar-refractivity contribution is 9.10. The van der Waals surface area contributed by atoms with Gasteiger partial charge in [0, 0.05) is 27.8 Å². The molecule has 0 radical (unpaired) electrons. The normalized spacial score (nSPS) is 10.8. The van der Waals surface area contributed by atoms with Crippen LogP contribution in [0.25, 0.3) is 22.2 Å². The van der Waals surface area contributed by atoms with Gasteiger partial charge >= 0.3 is 5.97 Å². The topological polar surface area (TPSA) is 66.0 Å². The largest absolute Gasteiger partial charge is 0.478 e. The van der Waals surface area contributed by atoms with Crippen LogP contribution >= 0.6 is 15.9 Å². The molecule has 0 amide bonds. The highest BCUT2D eigenvalue weighted by atomic mass is 79.9. The number of carboxylic acid groups (broad SMARTS) is 1. The zero-order valence-electron chi connectivity index (χ0n) is 9.72. The highest BCUT2D eigenvalue weighted by Crippen LogP contribution is 2.31. The van der Waals surface area contributed by atoms with Gasteiger partial charge in [0.15, 0.2) is 0 Å². The molecule has 0 aliphatic heterocycles. The minimum Gasteiger partial charge on any atom is -0.478 e. The molecule has 0 fully saturated rings. The molecule has 4 nitrogen and oxygen atoms in total. The molecule has 2 aromatic heterocycles. The number of hydrogen-bond acceptors (Lipinski definition) is 2. The average Bonchev–Trinajstić information content (AvgIpc) is 2.84. The Morgan fingerprint density at radius 2 is 2.11 bits per heavy atom. The van der Waals surface area contributed by atoms with Gasteiger partial charge in [0.25, 0.3) is 0 Å². The first kappa shape index (κ1) is 11.9. The van der Waals surface area contributed by atoms with Gasteiger partial charge in [-0.25, -0.2) is 4.79 Å². The second-order valence-electron chi connectivity index (χ2n) is 4.10. The van der Waals surface area contributed by atoms with E-state index in [1.165, 1.54) is 6.20 Å². The Kier molecular flexibility index (Phi) is 2.83. The molecule has 2 N–H and O–H groups in total. The molecule has 0 saturated carbocycles. The molecule has 2 heterocycles. The molecular weight excluding hydrogens is 308 g/mol. The van der Waals surface area contributed by atoms with E-state index in [9.17, 15) is 4.79 Å². The van der Waals surface area contributed by atoms with Crippen molar-refractivity contribution in [2.24, 2.45) is 0 Å². The van der Waals surface area contributed by atoms with Crippen molar-refractivity contribution < 1.29 is 9.90 Å². The third-order valence-electron chi connectivity index (χ3n) is 2.95. The summed E-state index contributed by atoms with van der Waals surface area (Å²) in [5, 5.41) is 9.91. The van der Waals surface area contributed by atoms with Crippen molar-refractivity contribution in [3.63, 3.8) is 0 Å². The number of hydrogen-bond donors (Lipinski definition) is 2. The van der Waals surface area contributed by atoms with Gasteiger partial charge in [0.2, 0.25) is 0 Å². The summed E-state index contributed by atoms with van der Waals surface area (Å²) in [7, 11) is 0. The summed E-state index contributed by atoms with van der Waals surface area (Å²) >= 11 is 3.48. The summed E-state index contributed by atoms with van der Waals surface area (Å²) in [4.78, 5) is 18.2. The first-order chi connectivity index (χ1) is 9.16. The fourth-order valence-corrected chi connectivity index (χ4v) is 2.49. The lowest BCUT2D eigenvalue weighted by Gasteiger charge is -2.00. The molecule has 19 heavy (non-hydrogen) atoms. The third-order valence-corrected chi connectivity index (χ3v) is 3.61. The second-order valence-corrected chi connectivity index (χ2v) is 4.96. The Labute approximate surface area is 117 Å². The van der Waals surface area contributed by atoms with E-state index in [0.29, 0.717) is 0 Å². The first-order valence-corrected chi connectivity index (χ1v) is 6.41. The zero-order chi connectivity index (χ0) is 13.4. The number of benzene rings is 1. The van der Waals surface area contributed by atoms with Crippen LogP contribution in [-0.4, -0.2) is 21.0 Å². The summed E-state index contributed by atoms with van der Waals surface area (Å²) in [5.74, 6) is -0.972. The van der Waals surface area contributed by atoms with Gasteiger partial charge in [0.1, 0.15) is 0 Å². The average molecular weight is 317 g/mol. The van der Waals surface area contributed by atoms with Crippen LogP contribution < -0.4 is 0 Å². The number of aromatic carboxylic acids is 1. The van der Waals surface area contributed by atoms with E-state index in [0.717, 1.165) is 26.6 Å². The van der Waals surface area contributed by atoms with Gasteiger partial charge in [-0.1, -0.05) is 12.1 Å². The van der Waals surface area contributed by atoms with E-state index in [2.05, 4.69) is 25.9 Å². The van der Waals surface area contributed by atoms with Gasteiger partial charge in [0.05, 0.1) is 16.8 Å². The molecule has 0 bridgehead atoms. The van der Waals surface area contributed by atoms with E-state index < -0.39 is 5.97 Å². The summed E-state index contributed by atoms with van der Waals surface area (Å²) in [6, 6.07) is 9.19. The molecule has 0 saturated heterocycles. The number of nitrogens with zero attached hydrogens (tertiary/aromatic N) is 1. The predicted molar refractivity (Wildman–Crippen MR) is 76.2 cm³/mol. The molecule has 0 aliphatic carbocycles. The maximum absolute atomic E-state index is 10.8. The lowest BCUT2D eigenvalue weighted by Crippen LogP contribution is -1.96. The van der Waals surface area contributed by atoms with Gasteiger partial charge in [-0.05, 0) is 34.1 Å². The Hall–Kier alpha value is -2.14. The molecule has 94 valence electrons. The van der Waals surface area contributed by atoms with Gasteiger partial charge in [-0.15, -0.1) is 0 Å². The number of para-hydroxylation sites is 1. The van der Waals surface area contributed by atoms with Gasteiger partial charge in [-0.3, -0.25) is 4.98 Å². The quantitative estimate of drug-likeness (QED) is 0.757. The molecule has 1 aromatic carbocycles. The zero-order valence-corrected chi connectivity index (χ0v) is 11.3. The molecule has 0 atom stereocenters. The Bertz CT molecular complexity index is 763. The summed E-state index contributed by atoms with van der Waals surface area (Å²) in [6.07, 6.45) is 3.24. The van der Waals surface area contributed by atoms with Gasteiger partial charge in [-0.2, -0.15) is 0 Å². The fourth-order valence-electron chi connectivity index (χ4n) is 2.01. The number of H-pyrrole nitrogens is 1. The van der Waals surface area contributed by atoms with Crippen LogP contribution in [0, 0.1) is 0 Å². The number of nitrogens with one attached hydrogen (secondary N) is 1. The van der Waals surface area contributed by atoms with Crippen LogP contribution in [0.4, 0.5) is 0 Å². The SMILES string of the molecule is O=C(O)c1ccc(-c2c[nH]c3c(Br)cccc23)nc1. The van der Waals surface area contributed by atoms with Crippen LogP contribution in [-0.2, 0) is 0 Å². The molecule has 3 aromatic rings. The maximum Gasteiger partial charge on any atom is 0.337 e. The third kappa shape index (κ3) is 2.02. The highest BCUT2D eigenvalue weighted by Gasteiger charge is 2.10. The number of fused-ring (bicyclic) bond motifs is 1. The van der Waals surface area contributed by atoms with Crippen molar-refractivity contribution in [3.05, 3.63) is 52.8 Å². The molecule has 3 rings (SSSR count). The molecule has 0 aliphatic rings. The smallest absolute Gasteiger partial charge is 0.337 e. The van der Waals surface area contributed by atoms with E-state index >= 15 is 0 Å². The molecule has 0 spiro atoms. The van der Waals surface area contributed by atoms with Crippen LogP contribution in [0.1, 0.15) is 10.4 Å². The Morgan fingerprint density at radius 3 is 2.79 bits per heavy atom. The van der Waals surface area contributed by atoms with Crippen LogP contribution in [0.3, 0.4) is 0 Å². The molecule has 0 unspecified atom stereocenters. The van der Waals surface area contributed by atoms with Crippen molar-refractivity contribution in [1.82, 2.24) is 9.97 Å². The lowest BCUT2D eigenvalue weighted by molar-refractivity contribution is 0.0696. The molecule has 5 heteroatoms. The summed E-state index contributed by atoms with van der Waals surface area (Å²) in [5.41, 5.74) is 2.88. The minimum absolute atomic E-state index is 0.185. The van der Waals surface area contributed by atoms with Crippen molar-refractivity contribution in [1.29, 1.82) is 0 Å². The number of halogens is 1. The van der Waals surface area contributed by atoms with E-state index in [-0.39, 0.29) is 5.56 Å². The summed E-state index contributed by atoms with van der Waals surface area (Å²) < 4.78 is 0.985. The molecular formula is C14H9BrN2O2. The monoisotopic (exact) mass is 316 g/mol. The van der Waals surface area contributed by atoms with Crippen molar-refractivity contribution >= 4 is 32.8 Å². The van der Waals surface area contributed by atoms with E-state index in [4.69, 9.17) is 5.11 Å². The standard InChI is InChI=1S/C14H9BrN2O2/c15-11-3-1-2-9-10(7-17-13(9)11)12-5-4-8(6-16-12)14(18)19/h1-7,17H,(H,18,19). The van der Waals surface area contributed by atoms with Crippen molar-refractivity contribution in [3.8, 4) is 11.3 Å². The Balaban J connectivity index is 2.14. The first-order valence-electron chi connectivity index (χ1n) is 5.62. The van der Waals surface area contributed by atoms with Gasteiger partial charge < -0.3 is 10.1 Å². The van der Waals surface area contributed by atoms with Crippen LogP contribution in [0.2, 0.25) is 0 Å². The van der Waals surface area contributed by atoms with E-state index in [1.54, 1.807) is 12.1 Å². The summed E-state index contributed by atoms with van der Waals surface area (Å²) in [6.45, 7) is 0.